The second-order valence-corrected chi connectivity index (χ2v) is 5.55. The fraction of sp³-hybridized carbons (Fsp3) is 0.368. The van der Waals surface area contributed by atoms with Gasteiger partial charge in [0.1, 0.15) is 12.4 Å². The molecule has 0 radical (unpaired) electrons. The number of benzene rings is 2. The molecule has 0 spiro atoms. The monoisotopic (exact) mass is 317 g/mol. The number of hydrogen-bond acceptors (Lipinski definition) is 3. The molecule has 2 rings (SSSR count). The zero-order valence-electron chi connectivity index (χ0n) is 13.9. The Morgan fingerprint density at radius 1 is 1.13 bits per heavy atom. The summed E-state index contributed by atoms with van der Waals surface area (Å²) in [7, 11) is 1.63. The molecular formula is C19H24FNO2. The van der Waals surface area contributed by atoms with Gasteiger partial charge in [-0.3, -0.25) is 0 Å². The van der Waals surface area contributed by atoms with Crippen LogP contribution in [-0.2, 0) is 13.2 Å². The van der Waals surface area contributed by atoms with Crippen LogP contribution in [0.4, 0.5) is 4.39 Å². The van der Waals surface area contributed by atoms with E-state index < -0.39 is 0 Å². The zero-order chi connectivity index (χ0) is 16.7. The van der Waals surface area contributed by atoms with Gasteiger partial charge in [-0.25, -0.2) is 4.39 Å². The van der Waals surface area contributed by atoms with E-state index in [2.05, 4.69) is 19.2 Å². The number of ether oxygens (including phenoxy) is 2. The molecule has 0 bridgehead atoms. The number of nitrogens with one attached hydrogen (secondary N) is 1. The smallest absolute Gasteiger partial charge is 0.166 e. The first kappa shape index (κ1) is 17.3. The molecule has 3 nitrogen and oxygen atoms in total. The van der Waals surface area contributed by atoms with E-state index in [9.17, 15) is 4.39 Å². The van der Waals surface area contributed by atoms with Crippen LogP contribution < -0.4 is 14.8 Å². The van der Waals surface area contributed by atoms with Crippen LogP contribution in [0.25, 0.3) is 0 Å². The fourth-order valence-electron chi connectivity index (χ4n) is 2.19. The van der Waals surface area contributed by atoms with Crippen molar-refractivity contribution in [3.8, 4) is 11.5 Å². The normalized spacial score (nSPS) is 12.0. The molecule has 0 saturated carbocycles. The van der Waals surface area contributed by atoms with Crippen LogP contribution in [0.3, 0.4) is 0 Å². The standard InChI is InChI=1S/C19H24FNO2/c1-4-14(2)21-12-16-6-5-7-18(22-3)19(16)23-13-15-8-10-17(20)11-9-15/h5-11,14,21H,4,12-13H2,1-3H3/t14-/m0/s1. The molecule has 0 aliphatic carbocycles. The molecule has 2 aromatic carbocycles. The topological polar surface area (TPSA) is 30.5 Å². The Labute approximate surface area is 137 Å². The molecular weight excluding hydrogens is 293 g/mol. The summed E-state index contributed by atoms with van der Waals surface area (Å²) in [6.45, 7) is 5.39. The molecule has 0 heterocycles. The van der Waals surface area contributed by atoms with Crippen molar-refractivity contribution in [3.05, 3.63) is 59.4 Å². The summed E-state index contributed by atoms with van der Waals surface area (Å²) in [5.74, 6) is 1.19. The van der Waals surface area contributed by atoms with Gasteiger partial charge in [0.25, 0.3) is 0 Å². The third-order valence-corrected chi connectivity index (χ3v) is 3.83. The Kier molecular flexibility index (Phi) is 6.41. The maximum absolute atomic E-state index is 13.0. The molecule has 0 aromatic heterocycles. The van der Waals surface area contributed by atoms with Gasteiger partial charge in [-0.1, -0.05) is 31.2 Å². The van der Waals surface area contributed by atoms with Crippen molar-refractivity contribution in [3.63, 3.8) is 0 Å². The minimum Gasteiger partial charge on any atom is -0.493 e. The molecule has 4 heteroatoms. The molecule has 0 aliphatic rings. The minimum absolute atomic E-state index is 0.246. The van der Waals surface area contributed by atoms with Crippen LogP contribution in [0, 0.1) is 5.82 Å². The van der Waals surface area contributed by atoms with Gasteiger partial charge in [0.05, 0.1) is 7.11 Å². The minimum atomic E-state index is -0.246. The highest BCUT2D eigenvalue weighted by atomic mass is 19.1. The first-order chi connectivity index (χ1) is 11.1. The van der Waals surface area contributed by atoms with Crippen LogP contribution in [0.1, 0.15) is 31.4 Å². The number of hydrogen-bond donors (Lipinski definition) is 1. The molecule has 1 N–H and O–H groups in total. The lowest BCUT2D eigenvalue weighted by Gasteiger charge is -2.17. The highest BCUT2D eigenvalue weighted by molar-refractivity contribution is 5.46. The molecule has 2 aromatic rings. The van der Waals surface area contributed by atoms with E-state index >= 15 is 0 Å². The lowest BCUT2D eigenvalue weighted by Crippen LogP contribution is -2.24. The van der Waals surface area contributed by atoms with E-state index in [0.717, 1.165) is 23.3 Å². The maximum atomic E-state index is 13.0. The average Bonchev–Trinajstić information content (AvgIpc) is 2.59. The second kappa shape index (κ2) is 8.53. The van der Waals surface area contributed by atoms with Crippen LogP contribution >= 0.6 is 0 Å². The van der Waals surface area contributed by atoms with Crippen molar-refractivity contribution in [1.29, 1.82) is 0 Å². The average molecular weight is 317 g/mol. The van der Waals surface area contributed by atoms with Gasteiger partial charge in [-0.2, -0.15) is 0 Å². The highest BCUT2D eigenvalue weighted by Gasteiger charge is 2.11. The van der Waals surface area contributed by atoms with Gasteiger partial charge in [0.15, 0.2) is 11.5 Å². The van der Waals surface area contributed by atoms with Crippen molar-refractivity contribution < 1.29 is 13.9 Å². The van der Waals surface area contributed by atoms with Crippen molar-refractivity contribution in [2.45, 2.75) is 39.5 Å². The van der Waals surface area contributed by atoms with Gasteiger partial charge in [0.2, 0.25) is 0 Å². The SMILES string of the molecule is CC[C@H](C)NCc1cccc(OC)c1OCc1ccc(F)cc1. The lowest BCUT2D eigenvalue weighted by atomic mass is 10.1. The summed E-state index contributed by atoms with van der Waals surface area (Å²) in [6.07, 6.45) is 1.07. The third kappa shape index (κ3) is 4.96. The van der Waals surface area contributed by atoms with Crippen molar-refractivity contribution >= 4 is 0 Å². The second-order valence-electron chi connectivity index (χ2n) is 5.55. The van der Waals surface area contributed by atoms with E-state index in [4.69, 9.17) is 9.47 Å². The summed E-state index contributed by atoms with van der Waals surface area (Å²) >= 11 is 0. The summed E-state index contributed by atoms with van der Waals surface area (Å²) < 4.78 is 24.4. The predicted molar refractivity (Wildman–Crippen MR) is 90.3 cm³/mol. The van der Waals surface area contributed by atoms with Crippen LogP contribution in [0.2, 0.25) is 0 Å². The molecule has 0 saturated heterocycles. The Morgan fingerprint density at radius 3 is 2.52 bits per heavy atom. The molecule has 1 atom stereocenters. The van der Waals surface area contributed by atoms with Gasteiger partial charge in [0, 0.05) is 18.2 Å². The van der Waals surface area contributed by atoms with Gasteiger partial charge in [-0.05, 0) is 37.1 Å². The summed E-state index contributed by atoms with van der Waals surface area (Å²) in [5.41, 5.74) is 1.96. The third-order valence-electron chi connectivity index (χ3n) is 3.83. The molecule has 0 fully saturated rings. The van der Waals surface area contributed by atoms with Crippen molar-refractivity contribution in [2.75, 3.05) is 7.11 Å². The lowest BCUT2D eigenvalue weighted by molar-refractivity contribution is 0.280. The van der Waals surface area contributed by atoms with Gasteiger partial charge >= 0.3 is 0 Å². The van der Waals surface area contributed by atoms with Crippen LogP contribution in [0.15, 0.2) is 42.5 Å². The Hall–Kier alpha value is -2.07. The zero-order valence-corrected chi connectivity index (χ0v) is 13.9. The van der Waals surface area contributed by atoms with Crippen molar-refractivity contribution in [1.82, 2.24) is 5.32 Å². The first-order valence-corrected chi connectivity index (χ1v) is 7.90. The van der Waals surface area contributed by atoms with Crippen LogP contribution in [-0.4, -0.2) is 13.2 Å². The van der Waals surface area contributed by atoms with E-state index in [1.807, 2.05) is 18.2 Å². The van der Waals surface area contributed by atoms with Gasteiger partial charge in [-0.15, -0.1) is 0 Å². The fourth-order valence-corrected chi connectivity index (χ4v) is 2.19. The number of para-hydroxylation sites is 1. The Morgan fingerprint density at radius 2 is 1.87 bits per heavy atom. The summed E-state index contributed by atoms with van der Waals surface area (Å²) in [5, 5.41) is 3.46. The van der Waals surface area contributed by atoms with E-state index in [1.165, 1.54) is 12.1 Å². The molecule has 124 valence electrons. The Bertz CT molecular complexity index is 613. The summed E-state index contributed by atoms with van der Waals surface area (Å²) in [4.78, 5) is 0. The molecule has 23 heavy (non-hydrogen) atoms. The maximum Gasteiger partial charge on any atom is 0.166 e. The number of methoxy groups -OCH3 is 1. The van der Waals surface area contributed by atoms with Crippen molar-refractivity contribution in [2.24, 2.45) is 0 Å². The predicted octanol–water partition coefficient (Wildman–Crippen LogP) is 4.30. The van der Waals surface area contributed by atoms with E-state index in [-0.39, 0.29) is 5.82 Å². The highest BCUT2D eigenvalue weighted by Crippen LogP contribution is 2.32. The van der Waals surface area contributed by atoms with E-state index in [0.29, 0.717) is 24.9 Å². The van der Waals surface area contributed by atoms with Crippen LogP contribution in [0.5, 0.6) is 11.5 Å². The summed E-state index contributed by atoms with van der Waals surface area (Å²) in [6, 6.07) is 12.6. The molecule has 0 aliphatic heterocycles. The van der Waals surface area contributed by atoms with E-state index in [1.54, 1.807) is 19.2 Å². The van der Waals surface area contributed by atoms with Gasteiger partial charge < -0.3 is 14.8 Å². The number of rotatable bonds is 8. The largest absolute Gasteiger partial charge is 0.493 e. The molecule has 0 amide bonds. The first-order valence-electron chi connectivity index (χ1n) is 7.90. The number of halogens is 1. The quantitative estimate of drug-likeness (QED) is 0.787. The Balaban J connectivity index is 2.12. The molecule has 0 unspecified atom stereocenters.